The number of fused-ring (bicyclic) bond motifs is 2. The van der Waals surface area contributed by atoms with Crippen molar-refractivity contribution < 1.29 is 14.3 Å². The van der Waals surface area contributed by atoms with E-state index in [-0.39, 0.29) is 17.6 Å². The first-order valence-electron chi connectivity index (χ1n) is 8.63. The lowest BCUT2D eigenvalue weighted by Crippen LogP contribution is -2.66. The fourth-order valence-corrected chi connectivity index (χ4v) is 4.66. The van der Waals surface area contributed by atoms with Crippen molar-refractivity contribution in [2.75, 3.05) is 14.2 Å². The first-order chi connectivity index (χ1) is 12.2. The summed E-state index contributed by atoms with van der Waals surface area (Å²) < 4.78 is 12.0. The fraction of sp³-hybridized carbons (Fsp3) is 0.318. The zero-order valence-electron chi connectivity index (χ0n) is 14.5. The molecule has 0 amide bonds. The second-order valence-corrected chi connectivity index (χ2v) is 6.82. The molecule has 2 aromatic rings. The van der Waals surface area contributed by atoms with Gasteiger partial charge in [0.2, 0.25) is 0 Å². The highest BCUT2D eigenvalue weighted by atomic mass is 16.6. The number of hydrogen-bond donors (Lipinski definition) is 0. The van der Waals surface area contributed by atoms with Crippen molar-refractivity contribution in [1.82, 2.24) is 0 Å². The molecule has 3 heteroatoms. The Bertz CT molecular complexity index is 799. The number of methoxy groups -OCH3 is 2. The number of Topliss-reactive ketones (excluding diaryl/α,β-unsaturated/α-hetero) is 1. The van der Waals surface area contributed by atoms with Crippen LogP contribution < -0.4 is 0 Å². The maximum absolute atomic E-state index is 13.6. The van der Waals surface area contributed by atoms with Crippen LogP contribution in [0.1, 0.15) is 23.5 Å². The standard InChI is InChI=1S/C22H22O3/c1-24-21-14-13-18(19(15-21)16-9-5-3-6-10-16)20(23)22(21,25-2)17-11-7-4-8-12-17/h3-14,18-19H,15H2,1-2H3/t18-,19+,21-,22+/m0/s1. The van der Waals surface area contributed by atoms with E-state index in [0.717, 1.165) is 5.56 Å². The highest BCUT2D eigenvalue weighted by molar-refractivity contribution is 5.97. The maximum Gasteiger partial charge on any atom is 0.183 e. The number of ether oxygens (including phenoxy) is 2. The molecule has 1 fully saturated rings. The van der Waals surface area contributed by atoms with Crippen LogP contribution in [0.2, 0.25) is 0 Å². The van der Waals surface area contributed by atoms with Gasteiger partial charge in [0.15, 0.2) is 11.4 Å². The Morgan fingerprint density at radius 3 is 2.16 bits per heavy atom. The van der Waals surface area contributed by atoms with E-state index >= 15 is 0 Å². The number of ketones is 1. The Kier molecular flexibility index (Phi) is 3.86. The molecule has 0 radical (unpaired) electrons. The van der Waals surface area contributed by atoms with Crippen LogP contribution >= 0.6 is 0 Å². The van der Waals surface area contributed by atoms with Gasteiger partial charge in [-0.15, -0.1) is 0 Å². The van der Waals surface area contributed by atoms with Crippen LogP contribution in [0.5, 0.6) is 0 Å². The van der Waals surface area contributed by atoms with Gasteiger partial charge in [-0.3, -0.25) is 4.79 Å². The van der Waals surface area contributed by atoms with Crippen LogP contribution in [0.4, 0.5) is 0 Å². The highest BCUT2D eigenvalue weighted by Crippen LogP contribution is 2.57. The lowest BCUT2D eigenvalue weighted by atomic mass is 9.54. The van der Waals surface area contributed by atoms with Crippen molar-refractivity contribution in [2.45, 2.75) is 23.5 Å². The molecule has 25 heavy (non-hydrogen) atoms. The Hall–Kier alpha value is -2.23. The van der Waals surface area contributed by atoms with Crippen molar-refractivity contribution in [1.29, 1.82) is 0 Å². The molecule has 0 aliphatic heterocycles. The maximum atomic E-state index is 13.6. The first-order valence-corrected chi connectivity index (χ1v) is 8.63. The topological polar surface area (TPSA) is 35.5 Å². The van der Waals surface area contributed by atoms with Crippen molar-refractivity contribution >= 4 is 5.78 Å². The molecule has 3 aliphatic carbocycles. The predicted octanol–water partition coefficient (Wildman–Crippen LogP) is 3.86. The molecule has 0 spiro atoms. The molecule has 0 heterocycles. The summed E-state index contributed by atoms with van der Waals surface area (Å²) in [5, 5.41) is 0. The molecular formula is C22H22O3. The molecule has 0 unspecified atom stereocenters. The van der Waals surface area contributed by atoms with E-state index in [1.54, 1.807) is 14.2 Å². The molecule has 128 valence electrons. The third-order valence-electron chi connectivity index (χ3n) is 5.85. The van der Waals surface area contributed by atoms with Crippen molar-refractivity contribution in [2.24, 2.45) is 5.92 Å². The summed E-state index contributed by atoms with van der Waals surface area (Å²) in [6, 6.07) is 19.9. The van der Waals surface area contributed by atoms with Crippen LogP contribution in [0.15, 0.2) is 72.8 Å². The smallest absolute Gasteiger partial charge is 0.183 e. The molecule has 2 bridgehead atoms. The highest BCUT2D eigenvalue weighted by Gasteiger charge is 2.66. The van der Waals surface area contributed by atoms with E-state index in [4.69, 9.17) is 9.47 Å². The summed E-state index contributed by atoms with van der Waals surface area (Å²) in [5.41, 5.74) is 0.109. The molecule has 0 N–H and O–H groups in total. The SMILES string of the molecule is CO[C@]12C=C[C@H](C(=O)[C@]1(OC)c1ccccc1)[C@@H](c1ccccc1)C2. The van der Waals surface area contributed by atoms with Crippen molar-refractivity contribution in [3.05, 3.63) is 83.9 Å². The second-order valence-electron chi connectivity index (χ2n) is 6.82. The van der Waals surface area contributed by atoms with Gasteiger partial charge in [-0.05, 0) is 17.5 Å². The minimum Gasteiger partial charge on any atom is -0.370 e. The van der Waals surface area contributed by atoms with Gasteiger partial charge in [0.1, 0.15) is 5.60 Å². The molecule has 4 atom stereocenters. The quantitative estimate of drug-likeness (QED) is 0.797. The van der Waals surface area contributed by atoms with Gasteiger partial charge in [-0.1, -0.05) is 72.8 Å². The van der Waals surface area contributed by atoms with Gasteiger partial charge in [0, 0.05) is 26.1 Å². The molecule has 2 aromatic carbocycles. The summed E-state index contributed by atoms with van der Waals surface area (Å²) in [5.74, 6) is -0.0316. The minimum absolute atomic E-state index is 0.0747. The molecule has 5 rings (SSSR count). The van der Waals surface area contributed by atoms with E-state index in [9.17, 15) is 4.79 Å². The number of carbonyl (C=O) groups excluding carboxylic acids is 1. The van der Waals surface area contributed by atoms with E-state index in [1.165, 1.54) is 5.56 Å². The third-order valence-corrected chi connectivity index (χ3v) is 5.85. The third kappa shape index (κ3) is 2.09. The Morgan fingerprint density at radius 2 is 1.56 bits per heavy atom. The average Bonchev–Trinajstić information content (AvgIpc) is 2.70. The predicted molar refractivity (Wildman–Crippen MR) is 96.3 cm³/mol. The van der Waals surface area contributed by atoms with E-state index in [1.807, 2.05) is 60.7 Å². The first kappa shape index (κ1) is 16.2. The molecule has 1 saturated carbocycles. The van der Waals surface area contributed by atoms with Crippen molar-refractivity contribution in [3.63, 3.8) is 0 Å². The Labute approximate surface area is 148 Å². The van der Waals surface area contributed by atoms with Gasteiger partial charge in [-0.25, -0.2) is 0 Å². The largest absolute Gasteiger partial charge is 0.370 e. The number of rotatable bonds is 4. The summed E-state index contributed by atoms with van der Waals surface area (Å²) in [7, 11) is 3.28. The van der Waals surface area contributed by atoms with E-state index in [0.29, 0.717) is 6.42 Å². The van der Waals surface area contributed by atoms with Gasteiger partial charge < -0.3 is 9.47 Å². The summed E-state index contributed by atoms with van der Waals surface area (Å²) >= 11 is 0. The number of carbonyl (C=O) groups is 1. The molecule has 3 nitrogen and oxygen atoms in total. The van der Waals surface area contributed by atoms with Gasteiger partial charge in [0.05, 0.1) is 0 Å². The summed E-state index contributed by atoms with van der Waals surface area (Å²) in [6.07, 6.45) is 4.76. The Balaban J connectivity index is 1.88. The zero-order valence-corrected chi connectivity index (χ0v) is 14.5. The van der Waals surface area contributed by atoms with Gasteiger partial charge in [0.25, 0.3) is 0 Å². The molecular weight excluding hydrogens is 312 g/mol. The molecule has 3 aliphatic rings. The zero-order chi connectivity index (χ0) is 17.5. The van der Waals surface area contributed by atoms with E-state index < -0.39 is 11.2 Å². The van der Waals surface area contributed by atoms with Crippen LogP contribution in [0, 0.1) is 5.92 Å². The second kappa shape index (κ2) is 5.94. The number of hydrogen-bond acceptors (Lipinski definition) is 3. The molecule has 0 saturated heterocycles. The minimum atomic E-state index is -1.10. The van der Waals surface area contributed by atoms with Crippen LogP contribution in [0.3, 0.4) is 0 Å². The Morgan fingerprint density at radius 1 is 0.920 bits per heavy atom. The van der Waals surface area contributed by atoms with Gasteiger partial charge in [-0.2, -0.15) is 0 Å². The monoisotopic (exact) mass is 334 g/mol. The van der Waals surface area contributed by atoms with Crippen molar-refractivity contribution in [3.8, 4) is 0 Å². The fourth-order valence-electron chi connectivity index (χ4n) is 4.66. The normalized spacial score (nSPS) is 33.6. The van der Waals surface area contributed by atoms with E-state index in [2.05, 4.69) is 12.1 Å². The number of benzene rings is 2. The summed E-state index contributed by atoms with van der Waals surface area (Å²) in [6.45, 7) is 0. The lowest BCUT2D eigenvalue weighted by molar-refractivity contribution is -0.203. The average molecular weight is 334 g/mol. The summed E-state index contributed by atoms with van der Waals surface area (Å²) in [4.78, 5) is 13.6. The van der Waals surface area contributed by atoms with Gasteiger partial charge >= 0.3 is 0 Å². The molecule has 0 aromatic heterocycles. The van der Waals surface area contributed by atoms with Crippen LogP contribution in [-0.2, 0) is 19.9 Å². The number of allylic oxidation sites excluding steroid dienone is 1. The lowest BCUT2D eigenvalue weighted by Gasteiger charge is -2.56. The van der Waals surface area contributed by atoms with Crippen LogP contribution in [-0.4, -0.2) is 25.6 Å². The van der Waals surface area contributed by atoms with Crippen LogP contribution in [0.25, 0.3) is 0 Å².